The average Bonchev–Trinajstić information content (AvgIpc) is 2.50. The van der Waals surface area contributed by atoms with Gasteiger partial charge in [-0.15, -0.1) is 0 Å². The molecule has 2 rings (SSSR count). The maximum Gasteiger partial charge on any atom is 0.163 e. The van der Waals surface area contributed by atoms with Crippen molar-refractivity contribution in [2.75, 3.05) is 6.61 Å². The first-order chi connectivity index (χ1) is 6.38. The second kappa shape index (κ2) is 2.90. The molecule has 0 spiro atoms. The first-order valence-corrected chi connectivity index (χ1v) is 4.68. The zero-order valence-electron chi connectivity index (χ0n) is 8.52. The molecule has 2 fully saturated rings. The molecule has 2 saturated heterocycles. The number of hydrogen-bond donors (Lipinski definition) is 1. The van der Waals surface area contributed by atoms with Crippen LogP contribution in [0.1, 0.15) is 20.8 Å². The van der Waals surface area contributed by atoms with Crippen molar-refractivity contribution < 1.29 is 24.4 Å². The highest BCUT2D eigenvalue weighted by atomic mass is 16.8. The number of aliphatic hydroxyl groups excluding tert-OH is 1. The van der Waals surface area contributed by atoms with Crippen molar-refractivity contribution in [1.29, 1.82) is 0 Å². The Kier molecular flexibility index (Phi) is 2.14. The molecule has 5 nitrogen and oxygen atoms in total. The Morgan fingerprint density at radius 2 is 1.86 bits per heavy atom. The molecule has 1 N–H and O–H groups in total. The lowest BCUT2D eigenvalue weighted by Crippen LogP contribution is -2.43. The van der Waals surface area contributed by atoms with Crippen molar-refractivity contribution in [2.45, 2.75) is 50.7 Å². The Balaban J connectivity index is 2.23. The molecule has 0 unspecified atom stereocenters. The minimum absolute atomic E-state index is 0.244. The van der Waals surface area contributed by atoms with Crippen molar-refractivity contribution in [1.82, 2.24) is 0 Å². The smallest absolute Gasteiger partial charge is 0.163 e. The molecule has 0 aromatic rings. The predicted molar refractivity (Wildman–Crippen MR) is 44.2 cm³/mol. The van der Waals surface area contributed by atoms with Crippen molar-refractivity contribution in [3.63, 3.8) is 0 Å². The second-order valence-corrected chi connectivity index (χ2v) is 4.48. The molecule has 0 aliphatic carbocycles. The van der Waals surface area contributed by atoms with Crippen LogP contribution in [0, 0.1) is 0 Å². The van der Waals surface area contributed by atoms with Gasteiger partial charge >= 0.3 is 0 Å². The van der Waals surface area contributed by atoms with E-state index in [1.165, 1.54) is 0 Å². The molecule has 14 heavy (non-hydrogen) atoms. The molecule has 0 aromatic carbocycles. The fourth-order valence-electron chi connectivity index (χ4n) is 1.99. The third-order valence-electron chi connectivity index (χ3n) is 2.70. The fourth-order valence-corrected chi connectivity index (χ4v) is 1.99. The van der Waals surface area contributed by atoms with Crippen LogP contribution in [0.15, 0.2) is 0 Å². The lowest BCUT2D eigenvalue weighted by atomic mass is 9.99. The minimum Gasteiger partial charge on any atom is -0.829 e. The number of ether oxygens (including phenoxy) is 3. The highest BCUT2D eigenvalue weighted by Gasteiger charge is 2.57. The maximum absolute atomic E-state index is 11.5. The van der Waals surface area contributed by atoms with E-state index in [1.54, 1.807) is 20.8 Å². The lowest BCUT2D eigenvalue weighted by Gasteiger charge is -2.31. The minimum atomic E-state index is -1.28. The third-order valence-corrected chi connectivity index (χ3v) is 2.70. The van der Waals surface area contributed by atoms with E-state index in [-0.39, 0.29) is 6.61 Å². The Morgan fingerprint density at radius 3 is 2.43 bits per heavy atom. The summed E-state index contributed by atoms with van der Waals surface area (Å²) in [4.78, 5) is 0. The predicted octanol–water partition coefficient (Wildman–Crippen LogP) is -1.03. The van der Waals surface area contributed by atoms with Crippen LogP contribution in [0.3, 0.4) is 0 Å². The molecule has 0 radical (unpaired) electrons. The normalized spacial score (nSPS) is 50.8. The van der Waals surface area contributed by atoms with Gasteiger partial charge in [0, 0.05) is 6.29 Å². The van der Waals surface area contributed by atoms with E-state index < -0.39 is 29.9 Å². The van der Waals surface area contributed by atoms with Gasteiger partial charge in [-0.3, -0.25) is 0 Å². The summed E-state index contributed by atoms with van der Waals surface area (Å²) in [6.45, 7) is 4.91. The van der Waals surface area contributed by atoms with Crippen LogP contribution in [0.5, 0.6) is 0 Å². The summed E-state index contributed by atoms with van der Waals surface area (Å²) in [5.41, 5.74) is -0.940. The van der Waals surface area contributed by atoms with Crippen molar-refractivity contribution in [3.05, 3.63) is 0 Å². The topological polar surface area (TPSA) is 71.0 Å². The van der Waals surface area contributed by atoms with Gasteiger partial charge in [-0.2, -0.15) is 0 Å². The number of aliphatic hydroxyl groups is 1. The summed E-state index contributed by atoms with van der Waals surface area (Å²) >= 11 is 0. The van der Waals surface area contributed by atoms with Crippen LogP contribution < -0.4 is 5.11 Å². The molecule has 2 heterocycles. The second-order valence-electron chi connectivity index (χ2n) is 4.48. The van der Waals surface area contributed by atoms with Crippen LogP contribution in [-0.4, -0.2) is 41.6 Å². The van der Waals surface area contributed by atoms with Crippen LogP contribution in [0.4, 0.5) is 0 Å². The molecule has 0 amide bonds. The van der Waals surface area contributed by atoms with Crippen LogP contribution in [0.25, 0.3) is 0 Å². The molecule has 82 valence electrons. The van der Waals surface area contributed by atoms with Gasteiger partial charge in [0.15, 0.2) is 5.79 Å². The molecule has 5 heteroatoms. The van der Waals surface area contributed by atoms with Gasteiger partial charge in [-0.25, -0.2) is 0 Å². The van der Waals surface area contributed by atoms with E-state index in [9.17, 15) is 5.11 Å². The van der Waals surface area contributed by atoms with E-state index >= 15 is 0 Å². The Bertz CT molecular complexity index is 241. The van der Waals surface area contributed by atoms with Gasteiger partial charge in [0.05, 0.1) is 6.61 Å². The monoisotopic (exact) mass is 203 g/mol. The molecule has 0 aromatic heterocycles. The van der Waals surface area contributed by atoms with Gasteiger partial charge in [0.25, 0.3) is 0 Å². The lowest BCUT2D eigenvalue weighted by molar-refractivity contribution is -0.507. The summed E-state index contributed by atoms with van der Waals surface area (Å²) in [5, 5.41) is 20.6. The van der Waals surface area contributed by atoms with Gasteiger partial charge in [-0.05, 0) is 20.8 Å². The third kappa shape index (κ3) is 1.36. The molecular weight excluding hydrogens is 188 g/mol. The molecule has 4 atom stereocenters. The summed E-state index contributed by atoms with van der Waals surface area (Å²) in [6.07, 6.45) is -2.38. The van der Waals surface area contributed by atoms with E-state index in [0.717, 1.165) is 0 Å². The quantitative estimate of drug-likeness (QED) is 0.590. The zero-order chi connectivity index (χ0) is 10.6. The number of rotatable bonds is 1. The summed E-state index contributed by atoms with van der Waals surface area (Å²) in [7, 11) is 0. The van der Waals surface area contributed by atoms with E-state index in [4.69, 9.17) is 19.3 Å². The average molecular weight is 203 g/mol. The summed E-state index contributed by atoms with van der Waals surface area (Å²) in [5.74, 6) is -0.766. The van der Waals surface area contributed by atoms with Gasteiger partial charge in [0.2, 0.25) is 0 Å². The van der Waals surface area contributed by atoms with Crippen molar-refractivity contribution >= 4 is 0 Å². The molecule has 2 aliphatic heterocycles. The van der Waals surface area contributed by atoms with Crippen LogP contribution in [0.2, 0.25) is 0 Å². The van der Waals surface area contributed by atoms with Gasteiger partial charge in [-0.1, -0.05) is 0 Å². The number of fused-ring (bicyclic) bond motifs is 1. The molecule has 0 saturated carbocycles. The Morgan fingerprint density at radius 1 is 1.21 bits per heavy atom. The summed E-state index contributed by atoms with van der Waals surface area (Å²) in [6, 6.07) is 0. The standard InChI is InChI=1S/C9H15O5/c1-8(2)12-5-6(13-8)9(3,4-10)14-7(5)11/h5-7,10H,4H2,1-3H3/q-1/t5-,6+,7-,9-/m1/s1. The Hall–Kier alpha value is -0.200. The number of hydrogen-bond acceptors (Lipinski definition) is 5. The summed E-state index contributed by atoms with van der Waals surface area (Å²) < 4.78 is 16.1. The fraction of sp³-hybridized carbons (Fsp3) is 1.00. The van der Waals surface area contributed by atoms with E-state index in [1.807, 2.05) is 0 Å². The van der Waals surface area contributed by atoms with Crippen LogP contribution >= 0.6 is 0 Å². The zero-order valence-corrected chi connectivity index (χ0v) is 8.52. The van der Waals surface area contributed by atoms with Crippen LogP contribution in [-0.2, 0) is 14.2 Å². The molecule has 0 bridgehead atoms. The highest BCUT2D eigenvalue weighted by Crippen LogP contribution is 2.42. The van der Waals surface area contributed by atoms with Gasteiger partial charge in [0.1, 0.15) is 17.8 Å². The largest absolute Gasteiger partial charge is 0.829 e. The van der Waals surface area contributed by atoms with E-state index in [2.05, 4.69) is 0 Å². The first kappa shape index (κ1) is 10.3. The van der Waals surface area contributed by atoms with Crippen molar-refractivity contribution in [3.8, 4) is 0 Å². The van der Waals surface area contributed by atoms with Gasteiger partial charge < -0.3 is 24.4 Å². The molecule has 2 aliphatic rings. The van der Waals surface area contributed by atoms with Crippen molar-refractivity contribution in [2.24, 2.45) is 0 Å². The first-order valence-electron chi connectivity index (χ1n) is 4.68. The molecular formula is C9H15O5-. The Labute approximate surface area is 82.6 Å². The van der Waals surface area contributed by atoms with E-state index in [0.29, 0.717) is 0 Å². The maximum atomic E-state index is 11.5. The SMILES string of the molecule is CC1(C)O[C@H]2[C@H]([O-])O[C@](C)(CO)[C@H]2O1. The highest BCUT2D eigenvalue weighted by molar-refractivity contribution is 5.01.